The monoisotopic (exact) mass is 308 g/mol. The third-order valence-corrected chi connectivity index (χ3v) is 4.03. The number of methoxy groups -OCH3 is 1. The largest absolute Gasteiger partial charge is 0.497 e. The molecule has 0 radical (unpaired) electrons. The van der Waals surface area contributed by atoms with Crippen LogP contribution in [0.2, 0.25) is 0 Å². The Hall–Kier alpha value is -2.66. The van der Waals surface area contributed by atoms with Gasteiger partial charge < -0.3 is 10.5 Å². The highest BCUT2D eigenvalue weighted by atomic mass is 16.5. The van der Waals surface area contributed by atoms with Crippen molar-refractivity contribution in [2.75, 3.05) is 7.11 Å². The van der Waals surface area contributed by atoms with Gasteiger partial charge in [-0.25, -0.2) is 4.68 Å². The number of rotatable bonds is 4. The number of nitrogens with two attached hydrogens (primary N) is 1. The van der Waals surface area contributed by atoms with Crippen LogP contribution in [0.25, 0.3) is 16.9 Å². The molecule has 3 rings (SSSR count). The third-order valence-electron chi connectivity index (χ3n) is 4.03. The zero-order valence-corrected chi connectivity index (χ0v) is 13.6. The molecule has 0 spiro atoms. The minimum absolute atomic E-state index is 0.346. The van der Waals surface area contributed by atoms with Crippen LogP contribution in [0.3, 0.4) is 0 Å². The topological polar surface area (TPSA) is 66.0 Å². The summed E-state index contributed by atoms with van der Waals surface area (Å²) >= 11 is 0. The lowest BCUT2D eigenvalue weighted by Crippen LogP contribution is -2.03. The molecule has 3 aromatic rings. The van der Waals surface area contributed by atoms with Crippen LogP contribution < -0.4 is 10.5 Å². The van der Waals surface area contributed by atoms with E-state index in [9.17, 15) is 0 Å². The molecule has 0 unspecified atom stereocenters. The second-order valence-corrected chi connectivity index (χ2v) is 5.50. The maximum atomic E-state index is 5.86. The molecular formula is C18H20N4O. The van der Waals surface area contributed by atoms with Gasteiger partial charge in [-0.15, -0.1) is 5.10 Å². The zero-order valence-electron chi connectivity index (χ0n) is 13.6. The molecule has 1 aromatic heterocycles. The minimum atomic E-state index is 0.346. The molecule has 0 aliphatic carbocycles. The number of aromatic nitrogens is 3. The number of benzene rings is 2. The van der Waals surface area contributed by atoms with Crippen LogP contribution in [0.4, 0.5) is 0 Å². The Morgan fingerprint density at radius 2 is 1.78 bits per heavy atom. The van der Waals surface area contributed by atoms with E-state index < -0.39 is 0 Å². The van der Waals surface area contributed by atoms with Crippen LogP contribution >= 0.6 is 0 Å². The summed E-state index contributed by atoms with van der Waals surface area (Å²) < 4.78 is 7.04. The molecule has 1 heterocycles. The molecule has 0 amide bonds. The van der Waals surface area contributed by atoms with Gasteiger partial charge in [-0.05, 0) is 55.3 Å². The van der Waals surface area contributed by atoms with Gasteiger partial charge in [0.1, 0.15) is 11.4 Å². The molecule has 0 atom stereocenters. The zero-order chi connectivity index (χ0) is 16.4. The van der Waals surface area contributed by atoms with Crippen molar-refractivity contribution in [3.05, 3.63) is 59.3 Å². The number of ether oxygens (including phenoxy) is 1. The highest BCUT2D eigenvalue weighted by Crippen LogP contribution is 2.27. The summed E-state index contributed by atoms with van der Waals surface area (Å²) in [7, 11) is 1.65. The van der Waals surface area contributed by atoms with Crippen molar-refractivity contribution in [3.8, 4) is 22.7 Å². The van der Waals surface area contributed by atoms with Gasteiger partial charge in [0.05, 0.1) is 18.5 Å². The summed E-state index contributed by atoms with van der Waals surface area (Å²) in [6.45, 7) is 4.54. The van der Waals surface area contributed by atoms with Crippen molar-refractivity contribution in [2.45, 2.75) is 20.4 Å². The van der Waals surface area contributed by atoms with E-state index in [1.807, 2.05) is 28.9 Å². The Bertz CT molecular complexity index is 822. The lowest BCUT2D eigenvalue weighted by Gasteiger charge is -2.10. The highest BCUT2D eigenvalue weighted by molar-refractivity contribution is 5.65. The number of nitrogens with zero attached hydrogens (tertiary/aromatic N) is 3. The molecular weight excluding hydrogens is 288 g/mol. The molecule has 5 heteroatoms. The van der Waals surface area contributed by atoms with E-state index in [1.165, 1.54) is 11.1 Å². The van der Waals surface area contributed by atoms with Crippen molar-refractivity contribution in [2.24, 2.45) is 5.73 Å². The molecule has 2 N–H and O–H groups in total. The molecule has 23 heavy (non-hydrogen) atoms. The molecule has 118 valence electrons. The minimum Gasteiger partial charge on any atom is -0.497 e. The van der Waals surface area contributed by atoms with Crippen molar-refractivity contribution in [1.29, 1.82) is 0 Å². The summed E-state index contributed by atoms with van der Waals surface area (Å²) in [5.74, 6) is 0.806. The Morgan fingerprint density at radius 3 is 2.39 bits per heavy atom. The third kappa shape index (κ3) is 2.83. The lowest BCUT2D eigenvalue weighted by molar-refractivity contribution is 0.414. The number of hydrogen-bond donors (Lipinski definition) is 1. The summed E-state index contributed by atoms with van der Waals surface area (Å²) in [6.07, 6.45) is 0. The van der Waals surface area contributed by atoms with E-state index >= 15 is 0 Å². The predicted molar refractivity (Wildman–Crippen MR) is 90.7 cm³/mol. The van der Waals surface area contributed by atoms with Crippen molar-refractivity contribution in [3.63, 3.8) is 0 Å². The average molecular weight is 308 g/mol. The Labute approximate surface area is 135 Å². The summed E-state index contributed by atoms with van der Waals surface area (Å²) in [5.41, 5.74) is 12.0. The molecule has 2 aromatic carbocycles. The number of aryl methyl sites for hydroxylation is 2. The van der Waals surface area contributed by atoms with Gasteiger partial charge in [0, 0.05) is 12.1 Å². The van der Waals surface area contributed by atoms with E-state index in [4.69, 9.17) is 10.5 Å². The predicted octanol–water partition coefficient (Wildman–Crippen LogP) is 3.02. The van der Waals surface area contributed by atoms with Gasteiger partial charge in [-0.2, -0.15) is 0 Å². The molecule has 0 saturated heterocycles. The van der Waals surface area contributed by atoms with E-state index in [-0.39, 0.29) is 0 Å². The normalized spacial score (nSPS) is 10.8. The number of hydrogen-bond acceptors (Lipinski definition) is 4. The van der Waals surface area contributed by atoms with Crippen LogP contribution in [-0.4, -0.2) is 22.1 Å². The molecule has 0 aliphatic rings. The van der Waals surface area contributed by atoms with Crippen molar-refractivity contribution < 1.29 is 4.74 Å². The first kappa shape index (κ1) is 15.2. The molecule has 0 bridgehead atoms. The second-order valence-electron chi connectivity index (χ2n) is 5.50. The fourth-order valence-corrected chi connectivity index (χ4v) is 2.53. The van der Waals surface area contributed by atoms with E-state index in [0.29, 0.717) is 6.54 Å². The molecule has 0 aliphatic heterocycles. The standard InChI is InChI=1S/C18H20N4O/c1-12-4-5-14(10-13(12)2)18-17(11-19)20-21-22(18)15-6-8-16(23-3)9-7-15/h4-10H,11,19H2,1-3H3. The van der Waals surface area contributed by atoms with Gasteiger partial charge >= 0.3 is 0 Å². The van der Waals surface area contributed by atoms with Gasteiger partial charge in [0.25, 0.3) is 0 Å². The average Bonchev–Trinajstić information content (AvgIpc) is 3.01. The van der Waals surface area contributed by atoms with E-state index in [1.54, 1.807) is 7.11 Å². The van der Waals surface area contributed by atoms with Gasteiger partial charge in [-0.3, -0.25) is 0 Å². The van der Waals surface area contributed by atoms with E-state index in [0.717, 1.165) is 28.4 Å². The van der Waals surface area contributed by atoms with Crippen molar-refractivity contribution >= 4 is 0 Å². The van der Waals surface area contributed by atoms with Crippen LogP contribution in [0.5, 0.6) is 5.75 Å². The summed E-state index contributed by atoms with van der Waals surface area (Å²) in [4.78, 5) is 0. The second kappa shape index (κ2) is 6.22. The molecule has 0 saturated carbocycles. The maximum absolute atomic E-state index is 5.86. The first-order chi connectivity index (χ1) is 11.1. The van der Waals surface area contributed by atoms with Crippen LogP contribution in [0.15, 0.2) is 42.5 Å². The first-order valence-electron chi connectivity index (χ1n) is 7.50. The Balaban J connectivity index is 2.14. The van der Waals surface area contributed by atoms with Crippen LogP contribution in [0.1, 0.15) is 16.8 Å². The maximum Gasteiger partial charge on any atom is 0.119 e. The summed E-state index contributed by atoms with van der Waals surface area (Å²) in [5, 5.41) is 8.53. The summed E-state index contributed by atoms with van der Waals surface area (Å²) in [6, 6.07) is 14.1. The van der Waals surface area contributed by atoms with Gasteiger partial charge in [0.15, 0.2) is 0 Å². The smallest absolute Gasteiger partial charge is 0.119 e. The van der Waals surface area contributed by atoms with Gasteiger partial charge in [0.2, 0.25) is 0 Å². The van der Waals surface area contributed by atoms with Gasteiger partial charge in [-0.1, -0.05) is 17.3 Å². The first-order valence-corrected chi connectivity index (χ1v) is 7.50. The SMILES string of the molecule is COc1ccc(-n2nnc(CN)c2-c2ccc(C)c(C)c2)cc1. The quantitative estimate of drug-likeness (QED) is 0.804. The van der Waals surface area contributed by atoms with E-state index in [2.05, 4.69) is 42.4 Å². The Morgan fingerprint density at radius 1 is 1.04 bits per heavy atom. The molecule has 5 nitrogen and oxygen atoms in total. The van der Waals surface area contributed by atoms with Crippen LogP contribution in [0, 0.1) is 13.8 Å². The lowest BCUT2D eigenvalue weighted by atomic mass is 10.0. The fourth-order valence-electron chi connectivity index (χ4n) is 2.53. The highest BCUT2D eigenvalue weighted by Gasteiger charge is 2.15. The van der Waals surface area contributed by atoms with Crippen LogP contribution in [-0.2, 0) is 6.54 Å². The van der Waals surface area contributed by atoms with Crippen molar-refractivity contribution in [1.82, 2.24) is 15.0 Å². The molecule has 0 fully saturated rings. The Kier molecular flexibility index (Phi) is 4.12. The fraction of sp³-hybridized carbons (Fsp3) is 0.222.